The second-order valence-corrected chi connectivity index (χ2v) is 5.46. The maximum atomic E-state index is 11.9. The van der Waals surface area contributed by atoms with Crippen LogP contribution in [0.25, 0.3) is 0 Å². The first kappa shape index (κ1) is 18.4. The number of hydrogen-bond acceptors (Lipinski definition) is 5. The first-order chi connectivity index (χ1) is 9.22. The van der Waals surface area contributed by atoms with Crippen LogP contribution in [0, 0.1) is 11.3 Å². The van der Waals surface area contributed by atoms with Crippen molar-refractivity contribution < 1.29 is 19.1 Å². The van der Waals surface area contributed by atoms with Crippen molar-refractivity contribution in [2.45, 2.75) is 52.2 Å². The van der Waals surface area contributed by atoms with Crippen LogP contribution < -0.4 is 0 Å². The van der Waals surface area contributed by atoms with E-state index in [0.717, 1.165) is 0 Å². The third-order valence-electron chi connectivity index (χ3n) is 2.55. The van der Waals surface area contributed by atoms with Gasteiger partial charge in [0, 0.05) is 13.5 Å². The number of likely N-dealkylation sites (N-methyl/N-ethyl adjacent to an activating group) is 1. The molecule has 0 heterocycles. The fourth-order valence-electron chi connectivity index (χ4n) is 1.43. The molecule has 1 atom stereocenters. The van der Waals surface area contributed by atoms with Gasteiger partial charge in [0.05, 0.1) is 12.2 Å². The molecule has 0 bridgehead atoms. The Bertz CT molecular complexity index is 368. The number of carbonyl (C=O) groups is 2. The largest absolute Gasteiger partial charge is 0.449 e. The molecule has 1 unspecified atom stereocenters. The van der Waals surface area contributed by atoms with Crippen LogP contribution in [-0.2, 0) is 19.1 Å². The predicted molar refractivity (Wildman–Crippen MR) is 73.7 cm³/mol. The Kier molecular flexibility index (Phi) is 7.85. The molecule has 6 heteroatoms. The summed E-state index contributed by atoms with van der Waals surface area (Å²) in [7, 11) is 1.54. The highest BCUT2D eigenvalue weighted by atomic mass is 16.5. The van der Waals surface area contributed by atoms with Crippen LogP contribution in [-0.4, -0.2) is 48.7 Å². The molecule has 0 fully saturated rings. The van der Waals surface area contributed by atoms with Gasteiger partial charge in [-0.2, -0.15) is 5.26 Å². The predicted octanol–water partition coefficient (Wildman–Crippen LogP) is 1.50. The smallest absolute Gasteiger partial charge is 0.332 e. The molecule has 0 aromatic heterocycles. The zero-order valence-corrected chi connectivity index (χ0v) is 12.9. The summed E-state index contributed by atoms with van der Waals surface area (Å²) in [4.78, 5) is 25.1. The van der Waals surface area contributed by atoms with Crippen LogP contribution in [0.2, 0.25) is 0 Å². The van der Waals surface area contributed by atoms with Gasteiger partial charge in [0.2, 0.25) is 5.91 Å². The van der Waals surface area contributed by atoms with Crippen molar-refractivity contribution in [3.8, 4) is 6.07 Å². The summed E-state index contributed by atoms with van der Waals surface area (Å²) in [6, 6.07) is 0.900. The topological polar surface area (TPSA) is 79.6 Å². The van der Waals surface area contributed by atoms with Gasteiger partial charge in [-0.05, 0) is 27.2 Å². The number of hydrogen-bond donors (Lipinski definition) is 0. The summed E-state index contributed by atoms with van der Waals surface area (Å²) in [5.74, 6) is -0.772. The maximum Gasteiger partial charge on any atom is 0.332 e. The number of nitrogens with zero attached hydrogens (tertiary/aromatic N) is 2. The van der Waals surface area contributed by atoms with Gasteiger partial charge < -0.3 is 14.4 Å². The van der Waals surface area contributed by atoms with Gasteiger partial charge in [-0.3, -0.25) is 4.79 Å². The van der Waals surface area contributed by atoms with E-state index in [2.05, 4.69) is 0 Å². The van der Waals surface area contributed by atoms with Crippen LogP contribution in [0.4, 0.5) is 0 Å². The van der Waals surface area contributed by atoms with E-state index >= 15 is 0 Å². The molecule has 0 saturated heterocycles. The second kappa shape index (κ2) is 8.54. The summed E-state index contributed by atoms with van der Waals surface area (Å²) in [5, 5.41) is 8.45. The zero-order valence-electron chi connectivity index (χ0n) is 12.9. The Labute approximate surface area is 120 Å². The Hall–Kier alpha value is -1.61. The third kappa shape index (κ3) is 7.10. The lowest BCUT2D eigenvalue weighted by atomic mass is 10.2. The average molecular weight is 284 g/mol. The monoisotopic (exact) mass is 284 g/mol. The van der Waals surface area contributed by atoms with Gasteiger partial charge in [0.15, 0.2) is 12.6 Å². The van der Waals surface area contributed by atoms with Crippen LogP contribution in [0.1, 0.15) is 40.5 Å². The quantitative estimate of drug-likeness (QED) is 0.662. The molecular formula is C14H24N2O4. The van der Waals surface area contributed by atoms with Crippen LogP contribution >= 0.6 is 0 Å². The number of rotatable bonds is 7. The van der Waals surface area contributed by atoms with E-state index in [0.29, 0.717) is 12.8 Å². The second-order valence-electron chi connectivity index (χ2n) is 5.46. The number of carbonyl (C=O) groups excluding carboxylic acids is 2. The van der Waals surface area contributed by atoms with Gasteiger partial charge in [-0.15, -0.1) is 0 Å². The molecule has 1 amide bonds. The molecule has 0 aromatic carbocycles. The van der Waals surface area contributed by atoms with E-state index in [9.17, 15) is 9.59 Å². The van der Waals surface area contributed by atoms with Gasteiger partial charge >= 0.3 is 5.97 Å². The molecule has 0 rings (SSSR count). The van der Waals surface area contributed by atoms with Gasteiger partial charge in [0.1, 0.15) is 6.07 Å². The fraction of sp³-hybridized carbons (Fsp3) is 0.786. The maximum absolute atomic E-state index is 11.9. The Balaban J connectivity index is 4.81. The SMILES string of the molecule is CCCC(=O)N(C)C(COC(C)(C)C)C(=O)OCC#N. The summed E-state index contributed by atoms with van der Waals surface area (Å²) >= 11 is 0. The summed E-state index contributed by atoms with van der Waals surface area (Å²) in [6.07, 6.45) is 1.05. The summed E-state index contributed by atoms with van der Waals surface area (Å²) < 4.78 is 10.4. The van der Waals surface area contributed by atoms with E-state index in [1.54, 1.807) is 13.1 Å². The molecule has 0 aliphatic heterocycles. The minimum absolute atomic E-state index is 0.0414. The highest BCUT2D eigenvalue weighted by Crippen LogP contribution is 2.11. The van der Waals surface area contributed by atoms with Crippen molar-refractivity contribution in [1.29, 1.82) is 5.26 Å². The van der Waals surface area contributed by atoms with Crippen molar-refractivity contribution in [1.82, 2.24) is 4.90 Å². The molecule has 0 aromatic rings. The number of ether oxygens (including phenoxy) is 2. The number of esters is 1. The van der Waals surface area contributed by atoms with Crippen molar-refractivity contribution in [2.24, 2.45) is 0 Å². The van der Waals surface area contributed by atoms with Crippen molar-refractivity contribution in [2.75, 3.05) is 20.3 Å². The first-order valence-electron chi connectivity index (χ1n) is 6.66. The van der Waals surface area contributed by atoms with Gasteiger partial charge in [0.25, 0.3) is 0 Å². The zero-order chi connectivity index (χ0) is 15.8. The normalized spacial score (nSPS) is 12.4. The van der Waals surface area contributed by atoms with Crippen LogP contribution in [0.15, 0.2) is 0 Å². The molecule has 0 N–H and O–H groups in total. The van der Waals surface area contributed by atoms with Gasteiger partial charge in [-0.25, -0.2) is 4.79 Å². The van der Waals surface area contributed by atoms with Crippen LogP contribution in [0.5, 0.6) is 0 Å². The van der Waals surface area contributed by atoms with E-state index in [4.69, 9.17) is 14.7 Å². The Morgan fingerprint density at radius 2 is 1.95 bits per heavy atom. The molecule has 0 aliphatic rings. The van der Waals surface area contributed by atoms with Crippen LogP contribution in [0.3, 0.4) is 0 Å². The lowest BCUT2D eigenvalue weighted by molar-refractivity contribution is -0.158. The summed E-state index contributed by atoms with van der Waals surface area (Å²) in [6.45, 7) is 7.18. The minimum atomic E-state index is -0.832. The van der Waals surface area contributed by atoms with Crippen molar-refractivity contribution >= 4 is 11.9 Å². The molecular weight excluding hydrogens is 260 g/mol. The molecule has 0 aliphatic carbocycles. The molecule has 114 valence electrons. The van der Waals surface area contributed by atoms with Crippen molar-refractivity contribution in [3.63, 3.8) is 0 Å². The van der Waals surface area contributed by atoms with E-state index in [-0.39, 0.29) is 19.1 Å². The lowest BCUT2D eigenvalue weighted by Crippen LogP contribution is -2.47. The molecule has 0 saturated carbocycles. The highest BCUT2D eigenvalue weighted by molar-refractivity contribution is 5.84. The van der Waals surface area contributed by atoms with Gasteiger partial charge in [-0.1, -0.05) is 6.92 Å². The van der Waals surface area contributed by atoms with E-state index in [1.807, 2.05) is 27.7 Å². The fourth-order valence-corrected chi connectivity index (χ4v) is 1.43. The first-order valence-corrected chi connectivity index (χ1v) is 6.66. The van der Waals surface area contributed by atoms with E-state index < -0.39 is 17.6 Å². The lowest BCUT2D eigenvalue weighted by Gasteiger charge is -2.29. The number of nitriles is 1. The van der Waals surface area contributed by atoms with E-state index in [1.165, 1.54) is 4.90 Å². The summed E-state index contributed by atoms with van der Waals surface area (Å²) in [5.41, 5.74) is -0.428. The minimum Gasteiger partial charge on any atom is -0.449 e. The molecule has 20 heavy (non-hydrogen) atoms. The van der Waals surface area contributed by atoms with Crippen molar-refractivity contribution in [3.05, 3.63) is 0 Å². The molecule has 0 spiro atoms. The molecule has 6 nitrogen and oxygen atoms in total. The highest BCUT2D eigenvalue weighted by Gasteiger charge is 2.29. The Morgan fingerprint density at radius 1 is 1.35 bits per heavy atom. The average Bonchev–Trinajstić information content (AvgIpc) is 2.35. The molecule has 0 radical (unpaired) electrons. The third-order valence-corrected chi connectivity index (χ3v) is 2.55. The number of amides is 1. The Morgan fingerprint density at radius 3 is 2.40 bits per heavy atom. The standard InChI is InChI=1S/C14H24N2O4/c1-6-7-12(17)16(5)11(10-20-14(2,3)4)13(18)19-9-8-15/h11H,6-7,9-10H2,1-5H3.